The first-order valence-electron chi connectivity index (χ1n) is 3.38. The number of halogens is 1. The van der Waals surface area contributed by atoms with E-state index in [0.717, 1.165) is 10.8 Å². The van der Waals surface area contributed by atoms with Crippen molar-refractivity contribution in [3.05, 3.63) is 18.6 Å². The highest BCUT2D eigenvalue weighted by Crippen LogP contribution is 2.13. The summed E-state index contributed by atoms with van der Waals surface area (Å²) < 4.78 is 11.6. The van der Waals surface area contributed by atoms with Crippen LogP contribution in [0.1, 0.15) is 6.42 Å². The van der Waals surface area contributed by atoms with Crippen LogP contribution in [-0.4, -0.2) is 22.4 Å². The Balaban J connectivity index is 2.28. The normalized spacial score (nSPS) is 9.91. The van der Waals surface area contributed by atoms with Gasteiger partial charge < -0.3 is 0 Å². The van der Waals surface area contributed by atoms with E-state index in [-0.39, 0.29) is 6.67 Å². The number of hydrogen-bond acceptors (Lipinski definition) is 3. The number of aromatic nitrogens is 2. The monoisotopic (exact) mass is 172 g/mol. The van der Waals surface area contributed by atoms with Crippen molar-refractivity contribution in [1.29, 1.82) is 0 Å². The molecule has 0 amide bonds. The highest BCUT2D eigenvalue weighted by atomic mass is 32.2. The number of nitrogens with zero attached hydrogens (tertiary/aromatic N) is 2. The van der Waals surface area contributed by atoms with Gasteiger partial charge in [0.05, 0.1) is 12.9 Å². The lowest BCUT2D eigenvalue weighted by Crippen LogP contribution is -1.84. The molecule has 1 aromatic rings. The zero-order valence-corrected chi connectivity index (χ0v) is 6.85. The number of rotatable bonds is 4. The van der Waals surface area contributed by atoms with Crippen molar-refractivity contribution >= 4 is 11.8 Å². The molecule has 0 aliphatic rings. The molecule has 0 radical (unpaired) electrons. The summed E-state index contributed by atoms with van der Waals surface area (Å²) in [6, 6.07) is 0. The molecule has 0 spiro atoms. The van der Waals surface area contributed by atoms with Crippen LogP contribution < -0.4 is 0 Å². The van der Waals surface area contributed by atoms with E-state index in [1.165, 1.54) is 11.8 Å². The van der Waals surface area contributed by atoms with E-state index in [2.05, 4.69) is 9.97 Å². The lowest BCUT2D eigenvalue weighted by atomic mass is 10.6. The van der Waals surface area contributed by atoms with Crippen molar-refractivity contribution in [3.63, 3.8) is 0 Å². The van der Waals surface area contributed by atoms with Gasteiger partial charge in [0.2, 0.25) is 0 Å². The zero-order chi connectivity index (χ0) is 7.94. The predicted octanol–water partition coefficient (Wildman–Crippen LogP) is 1.93. The summed E-state index contributed by atoms with van der Waals surface area (Å²) in [5.74, 6) is 0.773. The van der Waals surface area contributed by atoms with Crippen molar-refractivity contribution in [2.75, 3.05) is 12.4 Å². The molecule has 0 N–H and O–H groups in total. The first-order valence-corrected chi connectivity index (χ1v) is 4.37. The molecule has 0 saturated heterocycles. The number of alkyl halides is 1. The summed E-state index contributed by atoms with van der Waals surface area (Å²) >= 11 is 1.53. The Kier molecular flexibility index (Phi) is 3.90. The molecule has 1 aromatic heterocycles. The molecule has 0 aliphatic carbocycles. The molecule has 0 aromatic carbocycles. The van der Waals surface area contributed by atoms with Crippen molar-refractivity contribution in [1.82, 2.24) is 9.97 Å². The Labute approximate surface area is 69.3 Å². The summed E-state index contributed by atoms with van der Waals surface area (Å²) in [5.41, 5.74) is 0. The number of hydrogen-bond donors (Lipinski definition) is 0. The van der Waals surface area contributed by atoms with Crippen LogP contribution in [0.4, 0.5) is 4.39 Å². The minimum atomic E-state index is -0.257. The topological polar surface area (TPSA) is 25.8 Å². The van der Waals surface area contributed by atoms with Crippen LogP contribution in [0.15, 0.2) is 23.6 Å². The maximum Gasteiger partial charge on any atom is 0.114 e. The van der Waals surface area contributed by atoms with Gasteiger partial charge in [-0.15, -0.1) is 11.8 Å². The first kappa shape index (κ1) is 8.46. The second-order valence-electron chi connectivity index (χ2n) is 1.93. The molecule has 0 bridgehead atoms. The summed E-state index contributed by atoms with van der Waals surface area (Å²) in [6.07, 6.45) is 5.53. The van der Waals surface area contributed by atoms with Gasteiger partial charge in [0.15, 0.2) is 0 Å². The largest absolute Gasteiger partial charge is 0.260 e. The van der Waals surface area contributed by atoms with E-state index in [0.29, 0.717) is 6.42 Å². The smallest absolute Gasteiger partial charge is 0.114 e. The SMILES string of the molecule is FCCCSc1cnccn1. The molecule has 0 unspecified atom stereocenters. The van der Waals surface area contributed by atoms with Crippen molar-refractivity contribution in [2.24, 2.45) is 0 Å². The third-order valence-electron chi connectivity index (χ3n) is 1.07. The third-order valence-corrected chi connectivity index (χ3v) is 2.07. The van der Waals surface area contributed by atoms with E-state index in [4.69, 9.17) is 0 Å². The highest BCUT2D eigenvalue weighted by molar-refractivity contribution is 7.99. The van der Waals surface area contributed by atoms with E-state index in [1.54, 1.807) is 18.6 Å². The summed E-state index contributed by atoms with van der Waals surface area (Å²) in [5, 5.41) is 0.862. The number of thioether (sulfide) groups is 1. The van der Waals surface area contributed by atoms with Gasteiger partial charge in [0.1, 0.15) is 5.03 Å². The van der Waals surface area contributed by atoms with Gasteiger partial charge in [0.25, 0.3) is 0 Å². The van der Waals surface area contributed by atoms with E-state index >= 15 is 0 Å². The van der Waals surface area contributed by atoms with Crippen molar-refractivity contribution in [3.8, 4) is 0 Å². The molecule has 4 heteroatoms. The third kappa shape index (κ3) is 3.32. The van der Waals surface area contributed by atoms with Crippen LogP contribution in [0.3, 0.4) is 0 Å². The van der Waals surface area contributed by atoms with E-state index < -0.39 is 0 Å². The fourth-order valence-corrected chi connectivity index (χ4v) is 1.32. The lowest BCUT2D eigenvalue weighted by molar-refractivity contribution is 0.489. The fraction of sp³-hybridized carbons (Fsp3) is 0.429. The standard InChI is InChI=1S/C7H9FN2S/c8-2-1-5-11-7-6-9-3-4-10-7/h3-4,6H,1-2,5H2. The molecule has 0 saturated carbocycles. The van der Waals surface area contributed by atoms with Crippen LogP contribution in [0.25, 0.3) is 0 Å². The van der Waals surface area contributed by atoms with Crippen LogP contribution >= 0.6 is 11.8 Å². The average Bonchev–Trinajstić information content (AvgIpc) is 2.07. The van der Waals surface area contributed by atoms with Gasteiger partial charge in [-0.25, -0.2) is 4.98 Å². The molecule has 0 atom stereocenters. The van der Waals surface area contributed by atoms with Gasteiger partial charge in [-0.3, -0.25) is 9.37 Å². The molecular weight excluding hydrogens is 163 g/mol. The molecule has 0 fully saturated rings. The Morgan fingerprint density at radius 1 is 1.45 bits per heavy atom. The Hall–Kier alpha value is -0.640. The second kappa shape index (κ2) is 5.07. The minimum Gasteiger partial charge on any atom is -0.260 e. The minimum absolute atomic E-state index is 0.257. The summed E-state index contributed by atoms with van der Waals surface area (Å²) in [7, 11) is 0. The fourth-order valence-electron chi connectivity index (χ4n) is 0.591. The zero-order valence-electron chi connectivity index (χ0n) is 6.03. The molecule has 60 valence electrons. The van der Waals surface area contributed by atoms with Crippen molar-refractivity contribution in [2.45, 2.75) is 11.4 Å². The Bertz CT molecular complexity index is 193. The van der Waals surface area contributed by atoms with Crippen LogP contribution in [0.5, 0.6) is 0 Å². The molecular formula is C7H9FN2S. The van der Waals surface area contributed by atoms with Gasteiger partial charge in [-0.1, -0.05) is 0 Å². The molecule has 11 heavy (non-hydrogen) atoms. The van der Waals surface area contributed by atoms with Crippen LogP contribution in [0, 0.1) is 0 Å². The predicted molar refractivity (Wildman–Crippen MR) is 43.3 cm³/mol. The van der Waals surface area contributed by atoms with E-state index in [9.17, 15) is 4.39 Å². The Morgan fingerprint density at radius 2 is 2.36 bits per heavy atom. The molecule has 0 aliphatic heterocycles. The van der Waals surface area contributed by atoms with Crippen LogP contribution in [-0.2, 0) is 0 Å². The lowest BCUT2D eigenvalue weighted by Gasteiger charge is -1.95. The maximum atomic E-state index is 11.6. The van der Waals surface area contributed by atoms with Crippen molar-refractivity contribution < 1.29 is 4.39 Å². The Morgan fingerprint density at radius 3 is 3.00 bits per heavy atom. The second-order valence-corrected chi connectivity index (χ2v) is 3.05. The first-order chi connectivity index (χ1) is 5.43. The van der Waals surface area contributed by atoms with Gasteiger partial charge >= 0.3 is 0 Å². The van der Waals surface area contributed by atoms with Crippen LogP contribution in [0.2, 0.25) is 0 Å². The van der Waals surface area contributed by atoms with E-state index in [1.807, 2.05) is 0 Å². The van der Waals surface area contributed by atoms with Gasteiger partial charge in [-0.05, 0) is 6.42 Å². The van der Waals surface area contributed by atoms with Gasteiger partial charge in [-0.2, -0.15) is 0 Å². The molecule has 1 heterocycles. The molecule has 1 rings (SSSR count). The summed E-state index contributed by atoms with van der Waals surface area (Å²) in [4.78, 5) is 7.91. The maximum absolute atomic E-state index is 11.6. The average molecular weight is 172 g/mol. The summed E-state index contributed by atoms with van der Waals surface area (Å²) in [6.45, 7) is -0.257. The highest BCUT2D eigenvalue weighted by Gasteiger charge is 1.92. The quantitative estimate of drug-likeness (QED) is 0.512. The van der Waals surface area contributed by atoms with Gasteiger partial charge in [0, 0.05) is 18.1 Å². The molecule has 2 nitrogen and oxygen atoms in total.